The maximum absolute atomic E-state index is 14.0. The van der Waals surface area contributed by atoms with Crippen molar-refractivity contribution in [2.24, 2.45) is 11.8 Å². The van der Waals surface area contributed by atoms with Crippen LogP contribution in [0.5, 0.6) is 0 Å². The van der Waals surface area contributed by atoms with Gasteiger partial charge in [-0.3, -0.25) is 0 Å². The van der Waals surface area contributed by atoms with E-state index in [1.165, 1.54) is 0 Å². The lowest BCUT2D eigenvalue weighted by Gasteiger charge is -2.37. The largest absolute Gasteiger partial charge is 0.358 e. The molecule has 0 bridgehead atoms. The molecule has 0 heterocycles. The fraction of sp³-hybridized carbons (Fsp3) is 1.00. The van der Waals surface area contributed by atoms with Crippen molar-refractivity contribution in [1.82, 2.24) is 0 Å². The molecule has 22 heavy (non-hydrogen) atoms. The summed E-state index contributed by atoms with van der Waals surface area (Å²) in [5.41, 5.74) is 0. The van der Waals surface area contributed by atoms with E-state index < -0.39 is 49.5 Å². The molecule has 0 radical (unpaired) electrons. The Morgan fingerprint density at radius 2 is 1.32 bits per heavy atom. The molecule has 2 aliphatic rings. The standard InChI is InChI=1S/C14H21F5O.C2H6/c1-8-2-4-9(5-3-8)14(18,19)20-10-6-11(15)13(17)12(16)7-10;1-2/h8-13H,2-7H2,1H3;1-2H3. The molecule has 2 saturated carbocycles. The van der Waals surface area contributed by atoms with Crippen LogP contribution in [0.15, 0.2) is 0 Å². The van der Waals surface area contributed by atoms with E-state index >= 15 is 0 Å². The molecule has 0 aromatic heterocycles. The molecule has 6 heteroatoms. The highest BCUT2D eigenvalue weighted by molar-refractivity contribution is 4.88. The third kappa shape index (κ3) is 5.07. The quantitative estimate of drug-likeness (QED) is 0.610. The summed E-state index contributed by atoms with van der Waals surface area (Å²) >= 11 is 0. The van der Waals surface area contributed by atoms with Crippen molar-refractivity contribution in [1.29, 1.82) is 0 Å². The molecule has 0 N–H and O–H groups in total. The molecule has 2 atom stereocenters. The molecule has 2 rings (SSSR count). The predicted octanol–water partition coefficient (Wildman–Crippen LogP) is 5.63. The second kappa shape index (κ2) is 8.46. The van der Waals surface area contributed by atoms with E-state index in [-0.39, 0.29) is 0 Å². The third-order valence-electron chi connectivity index (χ3n) is 4.48. The van der Waals surface area contributed by atoms with Crippen molar-refractivity contribution < 1.29 is 26.7 Å². The minimum Gasteiger partial charge on any atom is -0.317 e. The number of rotatable bonds is 3. The highest BCUT2D eigenvalue weighted by Gasteiger charge is 2.47. The molecule has 2 aliphatic carbocycles. The van der Waals surface area contributed by atoms with Crippen molar-refractivity contribution >= 4 is 0 Å². The Kier molecular flexibility index (Phi) is 7.56. The molecule has 0 saturated heterocycles. The Bertz CT molecular complexity index is 306. The van der Waals surface area contributed by atoms with Crippen LogP contribution < -0.4 is 0 Å². The van der Waals surface area contributed by atoms with Crippen LogP contribution in [0.1, 0.15) is 59.3 Å². The van der Waals surface area contributed by atoms with Gasteiger partial charge in [-0.05, 0) is 18.8 Å². The average Bonchev–Trinajstić information content (AvgIpc) is 2.47. The van der Waals surface area contributed by atoms with Crippen molar-refractivity contribution in [2.75, 3.05) is 0 Å². The Labute approximate surface area is 129 Å². The molecular formula is C16H27F5O. The predicted molar refractivity (Wildman–Crippen MR) is 76.2 cm³/mol. The topological polar surface area (TPSA) is 9.23 Å². The molecule has 2 fully saturated rings. The van der Waals surface area contributed by atoms with Crippen LogP contribution in [0, 0.1) is 11.8 Å². The number of hydrogen-bond donors (Lipinski definition) is 0. The van der Waals surface area contributed by atoms with Crippen molar-refractivity contribution in [3.05, 3.63) is 0 Å². The summed E-state index contributed by atoms with van der Waals surface area (Å²) in [6, 6.07) is 0. The summed E-state index contributed by atoms with van der Waals surface area (Å²) in [5, 5.41) is 0. The summed E-state index contributed by atoms with van der Waals surface area (Å²) < 4.78 is 72.1. The van der Waals surface area contributed by atoms with Crippen LogP contribution in [0.3, 0.4) is 0 Å². The monoisotopic (exact) mass is 330 g/mol. The fourth-order valence-electron chi connectivity index (χ4n) is 3.10. The van der Waals surface area contributed by atoms with Gasteiger partial charge in [0, 0.05) is 12.8 Å². The van der Waals surface area contributed by atoms with Crippen molar-refractivity contribution in [3.63, 3.8) is 0 Å². The van der Waals surface area contributed by atoms with E-state index in [4.69, 9.17) is 0 Å². The molecule has 2 unspecified atom stereocenters. The smallest absolute Gasteiger partial charge is 0.317 e. The lowest BCUT2D eigenvalue weighted by molar-refractivity contribution is -0.306. The van der Waals surface area contributed by atoms with Gasteiger partial charge in [-0.15, -0.1) is 0 Å². The second-order valence-electron chi connectivity index (χ2n) is 6.21. The van der Waals surface area contributed by atoms with E-state index in [1.807, 2.05) is 20.8 Å². The molecule has 0 amide bonds. The van der Waals surface area contributed by atoms with E-state index in [1.54, 1.807) is 0 Å². The minimum atomic E-state index is -3.38. The Hall–Kier alpha value is -0.390. The zero-order valence-electron chi connectivity index (χ0n) is 13.5. The van der Waals surface area contributed by atoms with E-state index in [0.29, 0.717) is 31.6 Å². The minimum absolute atomic E-state index is 0.352. The zero-order chi connectivity index (χ0) is 16.9. The first kappa shape index (κ1) is 19.7. The maximum atomic E-state index is 14.0. The summed E-state index contributed by atoms with van der Waals surface area (Å²) in [6.07, 6.45) is -9.86. The van der Waals surface area contributed by atoms with Crippen molar-refractivity contribution in [2.45, 2.75) is 90.0 Å². The lowest BCUT2D eigenvalue weighted by atomic mass is 9.82. The molecule has 0 aliphatic heterocycles. The van der Waals surface area contributed by atoms with Crippen LogP contribution in [-0.4, -0.2) is 30.7 Å². The van der Waals surface area contributed by atoms with Gasteiger partial charge in [0.2, 0.25) is 0 Å². The SMILES string of the molecule is CC.CC1CCC(C(F)(F)OC2CC(F)C(F)C(F)C2)CC1. The number of halogens is 5. The molecule has 0 aromatic carbocycles. The second-order valence-corrected chi connectivity index (χ2v) is 6.21. The van der Waals surface area contributed by atoms with Crippen LogP contribution in [0.4, 0.5) is 22.0 Å². The Morgan fingerprint density at radius 3 is 1.77 bits per heavy atom. The number of ether oxygens (including phenoxy) is 1. The van der Waals surface area contributed by atoms with Gasteiger partial charge < -0.3 is 4.74 Å². The van der Waals surface area contributed by atoms with E-state index in [9.17, 15) is 22.0 Å². The highest BCUT2D eigenvalue weighted by Crippen LogP contribution is 2.42. The first-order valence-electron chi connectivity index (χ1n) is 8.27. The van der Waals surface area contributed by atoms with Crippen LogP contribution in [-0.2, 0) is 4.74 Å². The zero-order valence-corrected chi connectivity index (χ0v) is 13.5. The van der Waals surface area contributed by atoms with Gasteiger partial charge in [-0.25, -0.2) is 13.2 Å². The Balaban J connectivity index is 0.00000116. The van der Waals surface area contributed by atoms with Gasteiger partial charge >= 0.3 is 6.11 Å². The number of alkyl halides is 5. The normalized spacial score (nSPS) is 39.8. The molecular weight excluding hydrogens is 303 g/mol. The van der Waals surface area contributed by atoms with Crippen LogP contribution in [0.25, 0.3) is 0 Å². The summed E-state index contributed by atoms with van der Waals surface area (Å²) in [4.78, 5) is 0. The van der Waals surface area contributed by atoms with Gasteiger partial charge in [0.25, 0.3) is 0 Å². The fourth-order valence-corrected chi connectivity index (χ4v) is 3.10. The van der Waals surface area contributed by atoms with Gasteiger partial charge in [0.05, 0.1) is 12.0 Å². The summed E-state index contributed by atoms with van der Waals surface area (Å²) in [6.45, 7) is 6.01. The third-order valence-corrected chi connectivity index (χ3v) is 4.48. The van der Waals surface area contributed by atoms with Crippen LogP contribution >= 0.6 is 0 Å². The van der Waals surface area contributed by atoms with Gasteiger partial charge in [-0.2, -0.15) is 8.78 Å². The van der Waals surface area contributed by atoms with Gasteiger partial charge in [-0.1, -0.05) is 33.6 Å². The lowest BCUT2D eigenvalue weighted by Crippen LogP contribution is -2.45. The highest BCUT2D eigenvalue weighted by atomic mass is 19.3. The first-order valence-corrected chi connectivity index (χ1v) is 8.27. The molecule has 0 aromatic rings. The number of hydrogen-bond acceptors (Lipinski definition) is 1. The first-order chi connectivity index (χ1) is 10.3. The average molecular weight is 330 g/mol. The van der Waals surface area contributed by atoms with Crippen molar-refractivity contribution in [3.8, 4) is 0 Å². The molecule has 0 spiro atoms. The van der Waals surface area contributed by atoms with E-state index in [2.05, 4.69) is 4.74 Å². The molecule has 132 valence electrons. The Morgan fingerprint density at radius 1 is 0.864 bits per heavy atom. The molecule has 1 nitrogen and oxygen atoms in total. The van der Waals surface area contributed by atoms with E-state index in [0.717, 1.165) is 0 Å². The summed E-state index contributed by atoms with van der Waals surface area (Å²) in [7, 11) is 0. The van der Waals surface area contributed by atoms with Crippen LogP contribution in [0.2, 0.25) is 0 Å². The maximum Gasteiger partial charge on any atom is 0.358 e. The van der Waals surface area contributed by atoms with Gasteiger partial charge in [0.15, 0.2) is 6.17 Å². The van der Waals surface area contributed by atoms with Gasteiger partial charge in [0.1, 0.15) is 12.3 Å². The summed E-state index contributed by atoms with van der Waals surface area (Å²) in [5.74, 6) is -0.479.